The molecule has 4 nitrogen and oxygen atoms in total. The van der Waals surface area contributed by atoms with E-state index in [1.807, 2.05) is 0 Å². The smallest absolute Gasteiger partial charge is 0.347 e. The van der Waals surface area contributed by atoms with Crippen molar-refractivity contribution in [2.75, 3.05) is 0 Å². The van der Waals surface area contributed by atoms with Crippen molar-refractivity contribution in [1.29, 1.82) is 0 Å². The third-order valence-corrected chi connectivity index (χ3v) is 3.19. The van der Waals surface area contributed by atoms with Gasteiger partial charge < -0.3 is 14.9 Å². The second-order valence-corrected chi connectivity index (χ2v) is 4.54. The van der Waals surface area contributed by atoms with Gasteiger partial charge in [-0.3, -0.25) is 0 Å². The largest absolute Gasteiger partial charge is 0.507 e. The lowest BCUT2D eigenvalue weighted by Crippen LogP contribution is -2.08. The highest BCUT2D eigenvalue weighted by Gasteiger charge is 2.15. The van der Waals surface area contributed by atoms with Gasteiger partial charge in [-0.15, -0.1) is 0 Å². The zero-order chi connectivity index (χ0) is 14.8. The molecular weight excluding hydrogens is 268 g/mol. The number of ether oxygens (including phenoxy) is 1. The van der Waals surface area contributed by atoms with Crippen molar-refractivity contribution in [3.8, 4) is 17.2 Å². The van der Waals surface area contributed by atoms with E-state index in [9.17, 15) is 15.0 Å². The number of carbonyl (C=O) groups is 1. The number of phenols is 2. The molecule has 0 radical (unpaired) electrons. The first-order valence-corrected chi connectivity index (χ1v) is 6.37. The van der Waals surface area contributed by atoms with Crippen molar-refractivity contribution in [1.82, 2.24) is 0 Å². The number of benzene rings is 3. The average molecular weight is 280 g/mol. The number of hydrogen-bond donors (Lipinski definition) is 2. The SMILES string of the molecule is O=C(Oc1ccc(O)c2ccccc12)c1ccccc1O. The van der Waals surface area contributed by atoms with E-state index in [2.05, 4.69) is 0 Å². The molecule has 0 aliphatic heterocycles. The molecule has 0 aromatic heterocycles. The molecule has 0 atom stereocenters. The van der Waals surface area contributed by atoms with E-state index in [0.717, 1.165) is 0 Å². The molecule has 0 heterocycles. The molecule has 0 aliphatic rings. The monoisotopic (exact) mass is 280 g/mol. The van der Waals surface area contributed by atoms with Crippen LogP contribution in [0.5, 0.6) is 17.2 Å². The summed E-state index contributed by atoms with van der Waals surface area (Å²) in [6, 6.07) is 16.2. The Balaban J connectivity index is 2.01. The standard InChI is InChI=1S/C17H12O4/c18-14-8-4-3-7-13(14)17(20)21-16-10-9-15(19)11-5-1-2-6-12(11)16/h1-10,18-19H. The predicted molar refractivity (Wildman–Crippen MR) is 78.7 cm³/mol. The van der Waals surface area contributed by atoms with Gasteiger partial charge in [0.2, 0.25) is 0 Å². The second-order valence-electron chi connectivity index (χ2n) is 4.54. The summed E-state index contributed by atoms with van der Waals surface area (Å²) in [6.45, 7) is 0. The predicted octanol–water partition coefficient (Wildman–Crippen LogP) is 3.47. The zero-order valence-corrected chi connectivity index (χ0v) is 11.0. The maximum atomic E-state index is 12.1. The molecule has 3 rings (SSSR count). The molecule has 0 unspecified atom stereocenters. The van der Waals surface area contributed by atoms with Gasteiger partial charge in [-0.25, -0.2) is 4.79 Å². The highest BCUT2D eigenvalue weighted by atomic mass is 16.5. The quantitative estimate of drug-likeness (QED) is 0.557. The van der Waals surface area contributed by atoms with Crippen molar-refractivity contribution >= 4 is 16.7 Å². The molecular formula is C17H12O4. The minimum atomic E-state index is -0.649. The Labute approximate surface area is 120 Å². The van der Waals surface area contributed by atoms with Gasteiger partial charge in [-0.2, -0.15) is 0 Å². The molecule has 0 saturated heterocycles. The Kier molecular flexibility index (Phi) is 3.20. The lowest BCUT2D eigenvalue weighted by atomic mass is 10.1. The lowest BCUT2D eigenvalue weighted by molar-refractivity contribution is 0.0734. The summed E-state index contributed by atoms with van der Waals surface area (Å²) in [5.41, 5.74) is 0.0923. The van der Waals surface area contributed by atoms with Crippen molar-refractivity contribution < 1.29 is 19.7 Å². The summed E-state index contributed by atoms with van der Waals surface area (Å²) in [5.74, 6) is -0.334. The van der Waals surface area contributed by atoms with E-state index in [1.54, 1.807) is 36.4 Å². The fourth-order valence-corrected chi connectivity index (χ4v) is 2.15. The van der Waals surface area contributed by atoms with Gasteiger partial charge >= 0.3 is 5.97 Å². The molecule has 0 aliphatic carbocycles. The minimum Gasteiger partial charge on any atom is -0.507 e. The molecule has 3 aromatic carbocycles. The van der Waals surface area contributed by atoms with Crippen LogP contribution in [0.25, 0.3) is 10.8 Å². The van der Waals surface area contributed by atoms with Gasteiger partial charge in [-0.1, -0.05) is 36.4 Å². The highest BCUT2D eigenvalue weighted by Crippen LogP contribution is 2.33. The first kappa shape index (κ1) is 13.0. The number of hydrogen-bond acceptors (Lipinski definition) is 4. The van der Waals surface area contributed by atoms with Gasteiger partial charge in [0.05, 0.1) is 0 Å². The average Bonchev–Trinajstić information content (AvgIpc) is 2.51. The molecule has 0 saturated carbocycles. The Bertz CT molecular complexity index is 824. The second kappa shape index (κ2) is 5.17. The van der Waals surface area contributed by atoms with E-state index in [0.29, 0.717) is 16.5 Å². The summed E-state index contributed by atoms with van der Waals surface area (Å²) in [5, 5.41) is 20.7. The lowest BCUT2D eigenvalue weighted by Gasteiger charge is -2.09. The Morgan fingerprint density at radius 3 is 2.19 bits per heavy atom. The Morgan fingerprint density at radius 1 is 0.762 bits per heavy atom. The molecule has 0 spiro atoms. The van der Waals surface area contributed by atoms with Gasteiger partial charge in [0.15, 0.2) is 0 Å². The van der Waals surface area contributed by atoms with Crippen molar-refractivity contribution in [2.45, 2.75) is 0 Å². The first-order valence-electron chi connectivity index (χ1n) is 6.37. The maximum Gasteiger partial charge on any atom is 0.347 e. The van der Waals surface area contributed by atoms with Crippen LogP contribution in [0.2, 0.25) is 0 Å². The number of phenolic OH excluding ortho intramolecular Hbond substituents is 2. The van der Waals surface area contributed by atoms with E-state index >= 15 is 0 Å². The van der Waals surface area contributed by atoms with E-state index in [1.165, 1.54) is 24.3 Å². The van der Waals surface area contributed by atoms with Crippen molar-refractivity contribution in [2.24, 2.45) is 0 Å². The van der Waals surface area contributed by atoms with Crippen molar-refractivity contribution in [3.63, 3.8) is 0 Å². The van der Waals surface area contributed by atoms with Crippen LogP contribution in [0.3, 0.4) is 0 Å². The normalized spacial score (nSPS) is 10.5. The van der Waals surface area contributed by atoms with Crippen LogP contribution in [0.1, 0.15) is 10.4 Å². The van der Waals surface area contributed by atoms with Gasteiger partial charge in [0, 0.05) is 10.8 Å². The highest BCUT2D eigenvalue weighted by molar-refractivity contribution is 5.98. The number of fused-ring (bicyclic) bond motifs is 1. The molecule has 21 heavy (non-hydrogen) atoms. The Hall–Kier alpha value is -3.01. The number of aromatic hydroxyl groups is 2. The van der Waals surface area contributed by atoms with E-state index < -0.39 is 5.97 Å². The molecule has 0 fully saturated rings. The van der Waals surface area contributed by atoms with Crippen LogP contribution in [0.15, 0.2) is 60.7 Å². The Morgan fingerprint density at radius 2 is 1.43 bits per heavy atom. The fourth-order valence-electron chi connectivity index (χ4n) is 2.15. The van der Waals surface area contributed by atoms with Crippen LogP contribution in [0.4, 0.5) is 0 Å². The van der Waals surface area contributed by atoms with Gasteiger partial charge in [-0.05, 0) is 24.3 Å². The molecule has 3 aromatic rings. The van der Waals surface area contributed by atoms with Gasteiger partial charge in [0.25, 0.3) is 0 Å². The maximum absolute atomic E-state index is 12.1. The molecule has 0 bridgehead atoms. The van der Waals surface area contributed by atoms with Crippen LogP contribution < -0.4 is 4.74 Å². The van der Waals surface area contributed by atoms with Crippen molar-refractivity contribution in [3.05, 3.63) is 66.2 Å². The van der Waals surface area contributed by atoms with Crippen LogP contribution >= 0.6 is 0 Å². The van der Waals surface area contributed by atoms with Crippen LogP contribution in [0, 0.1) is 0 Å². The zero-order valence-electron chi connectivity index (χ0n) is 11.0. The summed E-state index contributed by atoms with van der Waals surface area (Å²) < 4.78 is 5.34. The number of rotatable bonds is 2. The first-order chi connectivity index (χ1) is 10.2. The summed E-state index contributed by atoms with van der Waals surface area (Å²) in [6.07, 6.45) is 0. The molecule has 0 amide bonds. The summed E-state index contributed by atoms with van der Waals surface area (Å²) in [7, 11) is 0. The van der Waals surface area contributed by atoms with Crippen LogP contribution in [-0.4, -0.2) is 16.2 Å². The molecule has 2 N–H and O–H groups in total. The minimum absolute atomic E-state index is 0.0923. The third kappa shape index (κ3) is 2.39. The molecule has 4 heteroatoms. The third-order valence-electron chi connectivity index (χ3n) is 3.19. The van der Waals surface area contributed by atoms with E-state index in [-0.39, 0.29) is 17.1 Å². The van der Waals surface area contributed by atoms with Gasteiger partial charge in [0.1, 0.15) is 22.8 Å². The number of carbonyl (C=O) groups excluding carboxylic acids is 1. The summed E-state index contributed by atoms with van der Waals surface area (Å²) in [4.78, 5) is 12.1. The van der Waals surface area contributed by atoms with E-state index in [4.69, 9.17) is 4.74 Å². The number of esters is 1. The molecule has 104 valence electrons. The topological polar surface area (TPSA) is 66.8 Å². The number of para-hydroxylation sites is 1. The summed E-state index contributed by atoms with van der Waals surface area (Å²) >= 11 is 0. The van der Waals surface area contributed by atoms with Crippen LogP contribution in [-0.2, 0) is 0 Å². The fraction of sp³-hybridized carbons (Fsp3) is 0.